The molecule has 1 unspecified atom stereocenters. The third kappa shape index (κ3) is 9.24. The van der Waals surface area contributed by atoms with Crippen LogP contribution in [-0.2, 0) is 19.2 Å². The van der Waals surface area contributed by atoms with Crippen molar-refractivity contribution in [3.05, 3.63) is 54.2 Å². The third-order valence-electron chi connectivity index (χ3n) is 14.0. The number of hydrogen-bond acceptors (Lipinski definition) is 13. The van der Waals surface area contributed by atoms with Crippen molar-refractivity contribution < 1.29 is 28.7 Å². The molecule has 4 N–H and O–H groups in total. The van der Waals surface area contributed by atoms with Gasteiger partial charge in [-0.25, -0.2) is 4.98 Å². The number of nitrogens with zero attached hydrogens (tertiary/aromatic N) is 7. The average molecular weight is 862 g/mol. The number of amides is 5. The van der Waals surface area contributed by atoms with E-state index in [2.05, 4.69) is 53.1 Å². The minimum atomic E-state index is -0.410. The number of hydrogen-bond donors (Lipinski definition) is 4. The van der Waals surface area contributed by atoms with Gasteiger partial charge in [0.05, 0.1) is 24.4 Å². The summed E-state index contributed by atoms with van der Waals surface area (Å²) in [6.07, 6.45) is 10.7. The first kappa shape index (κ1) is 42.3. The molecule has 63 heavy (non-hydrogen) atoms. The molecule has 5 fully saturated rings. The van der Waals surface area contributed by atoms with Gasteiger partial charge in [0, 0.05) is 101 Å². The molecule has 2 aromatic carbocycles. The van der Waals surface area contributed by atoms with Crippen molar-refractivity contribution in [2.75, 3.05) is 91.8 Å². The van der Waals surface area contributed by atoms with Crippen LogP contribution < -0.4 is 40.7 Å². The molecular weight excluding hydrogens is 803 g/mol. The summed E-state index contributed by atoms with van der Waals surface area (Å²) >= 11 is 0. The van der Waals surface area contributed by atoms with E-state index < -0.39 is 6.04 Å². The van der Waals surface area contributed by atoms with Crippen molar-refractivity contribution in [1.29, 1.82) is 0 Å². The number of nitrogens with one attached hydrogen (secondary N) is 4. The number of methoxy groups -OCH3 is 1. The highest BCUT2D eigenvalue weighted by Gasteiger charge is 2.55. The molecule has 1 aromatic heterocycles. The predicted molar refractivity (Wildman–Crippen MR) is 240 cm³/mol. The van der Waals surface area contributed by atoms with Crippen LogP contribution in [0.25, 0.3) is 0 Å². The molecule has 9 rings (SSSR count). The van der Waals surface area contributed by atoms with Gasteiger partial charge in [0.2, 0.25) is 29.6 Å². The van der Waals surface area contributed by atoms with Crippen molar-refractivity contribution in [2.45, 2.75) is 88.8 Å². The second-order valence-corrected chi connectivity index (χ2v) is 18.1. The molecule has 2 aliphatic carbocycles. The zero-order valence-corrected chi connectivity index (χ0v) is 36.4. The topological polar surface area (TPSA) is 185 Å². The number of rotatable bonds is 12. The van der Waals surface area contributed by atoms with Crippen LogP contribution in [0.5, 0.6) is 5.75 Å². The molecule has 1 spiro atoms. The lowest BCUT2D eigenvalue weighted by atomic mass is 10.0. The lowest BCUT2D eigenvalue weighted by Crippen LogP contribution is -2.49. The van der Waals surface area contributed by atoms with Crippen LogP contribution in [0.1, 0.15) is 81.0 Å². The van der Waals surface area contributed by atoms with Gasteiger partial charge >= 0.3 is 0 Å². The Morgan fingerprint density at radius 1 is 0.921 bits per heavy atom. The van der Waals surface area contributed by atoms with Gasteiger partial charge in [0.25, 0.3) is 5.91 Å². The Balaban J connectivity index is 0.723. The number of carbonyl (C=O) groups excluding carboxylic acids is 5. The molecule has 17 nitrogen and oxygen atoms in total. The van der Waals surface area contributed by atoms with E-state index in [4.69, 9.17) is 9.72 Å². The fraction of sp³-hybridized carbons (Fsp3) is 0.543. The molecule has 0 radical (unpaired) electrons. The number of ether oxygens (including phenoxy) is 1. The van der Waals surface area contributed by atoms with E-state index in [-0.39, 0.29) is 41.0 Å². The molecule has 17 heteroatoms. The first-order valence-electron chi connectivity index (χ1n) is 22.7. The number of imide groups is 1. The summed E-state index contributed by atoms with van der Waals surface area (Å²) in [6.45, 7) is 6.03. The molecule has 5 heterocycles. The fourth-order valence-electron chi connectivity index (χ4n) is 9.89. The lowest BCUT2D eigenvalue weighted by Gasteiger charge is -2.37. The van der Waals surface area contributed by atoms with Gasteiger partial charge in [0.1, 0.15) is 17.5 Å². The average Bonchev–Trinajstić information content (AvgIpc) is 3.91. The number of piperazine rings is 1. The third-order valence-corrected chi connectivity index (χ3v) is 14.0. The summed E-state index contributed by atoms with van der Waals surface area (Å²) in [7, 11) is 3.40. The summed E-state index contributed by atoms with van der Waals surface area (Å²) in [5, 5.41) is 12.1. The van der Waals surface area contributed by atoms with Crippen molar-refractivity contribution in [3.8, 4) is 5.75 Å². The smallest absolute Gasteiger partial charge is 0.251 e. The maximum absolute atomic E-state index is 13.5. The highest BCUT2D eigenvalue weighted by atomic mass is 16.5. The molecule has 4 aliphatic heterocycles. The Kier molecular flexibility index (Phi) is 12.1. The van der Waals surface area contributed by atoms with Gasteiger partial charge in [-0.3, -0.25) is 34.2 Å². The van der Waals surface area contributed by atoms with E-state index in [0.29, 0.717) is 87.3 Å². The first-order chi connectivity index (χ1) is 30.6. The largest absolute Gasteiger partial charge is 0.495 e. The normalized spacial score (nSPS) is 21.8. The van der Waals surface area contributed by atoms with Gasteiger partial charge in [-0.1, -0.05) is 12.8 Å². The zero-order chi connectivity index (χ0) is 43.7. The minimum absolute atomic E-state index is 0.0451. The molecule has 2 saturated carbocycles. The molecule has 3 saturated heterocycles. The van der Waals surface area contributed by atoms with Crippen LogP contribution in [0.2, 0.25) is 0 Å². The van der Waals surface area contributed by atoms with Gasteiger partial charge in [-0.2, -0.15) is 4.98 Å². The van der Waals surface area contributed by atoms with Crippen molar-refractivity contribution >= 4 is 64.1 Å². The van der Waals surface area contributed by atoms with Crippen LogP contribution >= 0.6 is 0 Å². The summed E-state index contributed by atoms with van der Waals surface area (Å²) in [6, 6.07) is 13.2. The SMILES string of the molecule is COc1cc(C(=O)NC2CCN(C(=O)CCN3CCN(c4ccc(NC5CCC(=O)NC5=O)cc4)CC3)CC2)ccc1Nc1ncc2c(n1)N(C1CCCC1)CC1(CC1)C(=O)N2C. The molecule has 334 valence electrons. The number of carbonyl (C=O) groups is 5. The molecular formula is C46H59N11O6. The van der Waals surface area contributed by atoms with Crippen molar-refractivity contribution in [2.24, 2.45) is 5.41 Å². The quantitative estimate of drug-likeness (QED) is 0.193. The van der Waals surface area contributed by atoms with E-state index in [1.54, 1.807) is 36.4 Å². The second kappa shape index (κ2) is 18.0. The lowest BCUT2D eigenvalue weighted by molar-refractivity contribution is -0.134. The van der Waals surface area contributed by atoms with Crippen molar-refractivity contribution in [3.63, 3.8) is 0 Å². The van der Waals surface area contributed by atoms with Gasteiger partial charge < -0.3 is 40.3 Å². The van der Waals surface area contributed by atoms with E-state index in [9.17, 15) is 24.0 Å². The highest BCUT2D eigenvalue weighted by molar-refractivity contribution is 6.03. The van der Waals surface area contributed by atoms with Crippen LogP contribution in [-0.4, -0.2) is 134 Å². The van der Waals surface area contributed by atoms with Gasteiger partial charge in [-0.05, 0) is 87.4 Å². The Morgan fingerprint density at radius 3 is 2.37 bits per heavy atom. The number of aromatic nitrogens is 2. The molecule has 1 atom stereocenters. The summed E-state index contributed by atoms with van der Waals surface area (Å²) in [5.41, 5.74) is 3.45. The number of likely N-dealkylation sites (tertiary alicyclic amines) is 1. The Bertz CT molecular complexity index is 2210. The van der Waals surface area contributed by atoms with Gasteiger partial charge in [0.15, 0.2) is 5.82 Å². The number of fused-ring (bicyclic) bond motifs is 1. The Labute approximate surface area is 368 Å². The van der Waals surface area contributed by atoms with E-state index in [1.165, 1.54) is 12.8 Å². The summed E-state index contributed by atoms with van der Waals surface area (Å²) in [4.78, 5) is 84.0. The molecule has 0 bridgehead atoms. The van der Waals surface area contributed by atoms with Crippen LogP contribution in [0, 0.1) is 5.41 Å². The zero-order valence-electron chi connectivity index (χ0n) is 36.4. The number of piperidine rings is 2. The summed E-state index contributed by atoms with van der Waals surface area (Å²) in [5.74, 6) is 1.24. The van der Waals surface area contributed by atoms with Crippen LogP contribution in [0.3, 0.4) is 0 Å². The monoisotopic (exact) mass is 861 g/mol. The second-order valence-electron chi connectivity index (χ2n) is 18.1. The molecule has 3 aromatic rings. The standard InChI is InChI=1S/C46H59N11O6/c1-53-37-28-47-45(52-41(37)57(34-5-3-4-6-34)29-46(18-19-46)44(53)62)50-35-12-7-30(27-38(35)63-2)42(60)49-32-15-21-56(22-16-32)40(59)17-20-54-23-25-55(26-24-54)33-10-8-31(9-11-33)48-36-13-14-39(58)51-43(36)61/h7-12,27-28,32,34,36,48H,3-6,13-26,29H2,1-2H3,(H,49,60)(H,47,50,52)(H,51,58,61). The first-order valence-corrected chi connectivity index (χ1v) is 22.7. The van der Waals surface area contributed by atoms with E-state index >= 15 is 0 Å². The minimum Gasteiger partial charge on any atom is -0.495 e. The number of anilines is 6. The van der Waals surface area contributed by atoms with Gasteiger partial charge in [-0.15, -0.1) is 0 Å². The molecule has 5 amide bonds. The molecule has 6 aliphatic rings. The van der Waals surface area contributed by atoms with E-state index in [1.807, 2.05) is 24.1 Å². The van der Waals surface area contributed by atoms with Crippen LogP contribution in [0.15, 0.2) is 48.7 Å². The number of benzene rings is 2. The van der Waals surface area contributed by atoms with E-state index in [0.717, 1.165) is 74.7 Å². The Hall–Kier alpha value is -5.97. The van der Waals surface area contributed by atoms with Crippen LogP contribution in [0.4, 0.5) is 34.5 Å². The Morgan fingerprint density at radius 2 is 1.67 bits per heavy atom. The fourth-order valence-corrected chi connectivity index (χ4v) is 9.89. The maximum Gasteiger partial charge on any atom is 0.251 e. The highest BCUT2D eigenvalue weighted by Crippen LogP contribution is 2.52. The summed E-state index contributed by atoms with van der Waals surface area (Å²) < 4.78 is 5.73. The predicted octanol–water partition coefficient (Wildman–Crippen LogP) is 3.88. The van der Waals surface area contributed by atoms with Crippen molar-refractivity contribution in [1.82, 2.24) is 30.4 Å². The maximum atomic E-state index is 13.5.